The van der Waals surface area contributed by atoms with Crippen molar-refractivity contribution in [2.24, 2.45) is 0 Å². The molecule has 1 aromatic heterocycles. The van der Waals surface area contributed by atoms with E-state index in [1.165, 1.54) is 5.56 Å². The second-order valence-corrected chi connectivity index (χ2v) is 7.70. The minimum absolute atomic E-state index is 0.0121. The standard InChI is InChI=1S/C26H22N2O4/c29-24(28-16-7-9-18-8-1-5-13-22(18)28)15-17-31-26(30)20-11-3-2-10-19(20)25-27-21-12-4-6-14-23(21)32-25/h1-6,8,10-14H,7,9,15-17H2. The van der Waals surface area contributed by atoms with Crippen LogP contribution in [0.25, 0.3) is 22.6 Å². The van der Waals surface area contributed by atoms with E-state index in [1.807, 2.05) is 48.5 Å². The van der Waals surface area contributed by atoms with Crippen molar-refractivity contribution in [1.29, 1.82) is 0 Å². The van der Waals surface area contributed by atoms with E-state index in [-0.39, 0.29) is 18.9 Å². The molecule has 0 unspecified atom stereocenters. The summed E-state index contributed by atoms with van der Waals surface area (Å²) in [4.78, 5) is 31.8. The van der Waals surface area contributed by atoms with Crippen LogP contribution < -0.4 is 4.90 Å². The molecule has 1 amide bonds. The Bertz CT molecular complexity index is 1260. The van der Waals surface area contributed by atoms with Crippen LogP contribution >= 0.6 is 0 Å². The minimum atomic E-state index is -0.505. The lowest BCUT2D eigenvalue weighted by atomic mass is 10.0. The van der Waals surface area contributed by atoms with Crippen molar-refractivity contribution in [1.82, 2.24) is 4.98 Å². The topological polar surface area (TPSA) is 72.6 Å². The summed E-state index contributed by atoms with van der Waals surface area (Å²) in [6.45, 7) is 0.697. The Hall–Kier alpha value is -3.93. The van der Waals surface area contributed by atoms with E-state index in [9.17, 15) is 9.59 Å². The number of hydrogen-bond acceptors (Lipinski definition) is 5. The van der Waals surface area contributed by atoms with E-state index in [1.54, 1.807) is 23.1 Å². The van der Waals surface area contributed by atoms with Crippen LogP contribution in [0.2, 0.25) is 0 Å². The number of hydrogen-bond donors (Lipinski definition) is 0. The average Bonchev–Trinajstić information content (AvgIpc) is 3.28. The molecule has 0 atom stereocenters. The Balaban J connectivity index is 1.27. The lowest BCUT2D eigenvalue weighted by molar-refractivity contribution is -0.119. The third-order valence-electron chi connectivity index (χ3n) is 5.63. The van der Waals surface area contributed by atoms with Gasteiger partial charge in [0.15, 0.2) is 5.58 Å². The second-order valence-electron chi connectivity index (χ2n) is 7.70. The molecule has 0 fully saturated rings. The van der Waals surface area contributed by atoms with Crippen LogP contribution in [0.3, 0.4) is 0 Å². The third kappa shape index (κ3) is 3.87. The number of carbonyl (C=O) groups is 2. The van der Waals surface area contributed by atoms with Gasteiger partial charge in [-0.25, -0.2) is 9.78 Å². The van der Waals surface area contributed by atoms with Crippen LogP contribution in [0, 0.1) is 0 Å². The van der Waals surface area contributed by atoms with Gasteiger partial charge in [-0.1, -0.05) is 42.5 Å². The first-order valence-electron chi connectivity index (χ1n) is 10.7. The largest absolute Gasteiger partial charge is 0.462 e. The molecule has 3 aromatic carbocycles. The molecule has 0 saturated heterocycles. The Kier molecular flexibility index (Phi) is 5.42. The second kappa shape index (κ2) is 8.67. The van der Waals surface area contributed by atoms with Crippen LogP contribution in [0.15, 0.2) is 77.2 Å². The summed E-state index contributed by atoms with van der Waals surface area (Å²) in [6.07, 6.45) is 2.03. The molecule has 32 heavy (non-hydrogen) atoms. The molecule has 6 nitrogen and oxygen atoms in total. The van der Waals surface area contributed by atoms with Crippen molar-refractivity contribution in [2.45, 2.75) is 19.3 Å². The van der Waals surface area contributed by atoms with Crippen molar-refractivity contribution in [3.05, 3.63) is 83.9 Å². The molecule has 6 heteroatoms. The number of esters is 1. The number of fused-ring (bicyclic) bond motifs is 2. The highest BCUT2D eigenvalue weighted by atomic mass is 16.5. The fourth-order valence-corrected chi connectivity index (χ4v) is 4.07. The van der Waals surface area contributed by atoms with Gasteiger partial charge in [0.1, 0.15) is 12.1 Å². The predicted molar refractivity (Wildman–Crippen MR) is 121 cm³/mol. The zero-order valence-electron chi connectivity index (χ0n) is 17.5. The number of carbonyl (C=O) groups excluding carboxylic acids is 2. The third-order valence-corrected chi connectivity index (χ3v) is 5.63. The molecule has 0 N–H and O–H groups in total. The summed E-state index contributed by atoms with van der Waals surface area (Å²) in [7, 11) is 0. The van der Waals surface area contributed by atoms with Gasteiger partial charge in [-0.15, -0.1) is 0 Å². The maximum absolute atomic E-state index is 12.8. The first-order chi connectivity index (χ1) is 15.7. The van der Waals surface area contributed by atoms with Gasteiger partial charge in [-0.3, -0.25) is 4.79 Å². The molecule has 0 spiro atoms. The summed E-state index contributed by atoms with van der Waals surface area (Å²) in [6, 6.07) is 22.4. The Morgan fingerprint density at radius 3 is 2.66 bits per heavy atom. The maximum atomic E-state index is 12.8. The molecule has 0 aliphatic carbocycles. The molecule has 0 bridgehead atoms. The van der Waals surface area contributed by atoms with Crippen LogP contribution in [-0.2, 0) is 16.0 Å². The molecule has 4 aromatic rings. The molecule has 5 rings (SSSR count). The number of nitrogens with zero attached hydrogens (tertiary/aromatic N) is 2. The van der Waals surface area contributed by atoms with Gasteiger partial charge >= 0.3 is 5.97 Å². The monoisotopic (exact) mass is 426 g/mol. The van der Waals surface area contributed by atoms with E-state index in [2.05, 4.69) is 11.1 Å². The predicted octanol–water partition coefficient (Wildman–Crippen LogP) is 5.02. The first kappa shape index (κ1) is 20.0. The van der Waals surface area contributed by atoms with E-state index >= 15 is 0 Å². The molecule has 0 radical (unpaired) electrons. The molecule has 0 saturated carbocycles. The SMILES string of the molecule is O=C(OCCC(=O)N1CCCc2ccccc21)c1ccccc1-c1nc2ccccc2o1. The lowest BCUT2D eigenvalue weighted by Crippen LogP contribution is -2.36. The van der Waals surface area contributed by atoms with Gasteiger partial charge in [0, 0.05) is 12.2 Å². The van der Waals surface area contributed by atoms with Crippen molar-refractivity contribution < 1.29 is 18.7 Å². The quantitative estimate of drug-likeness (QED) is 0.419. The fourth-order valence-electron chi connectivity index (χ4n) is 4.07. The number of para-hydroxylation sites is 3. The number of amides is 1. The zero-order valence-corrected chi connectivity index (χ0v) is 17.5. The highest BCUT2D eigenvalue weighted by Crippen LogP contribution is 2.28. The Morgan fingerprint density at radius 1 is 0.969 bits per heavy atom. The normalized spacial score (nSPS) is 13.1. The minimum Gasteiger partial charge on any atom is -0.462 e. The number of ether oxygens (including phenoxy) is 1. The summed E-state index contributed by atoms with van der Waals surface area (Å²) < 4.78 is 11.3. The smallest absolute Gasteiger partial charge is 0.338 e. The average molecular weight is 426 g/mol. The van der Waals surface area contributed by atoms with Crippen LogP contribution in [0.1, 0.15) is 28.8 Å². The lowest BCUT2D eigenvalue weighted by Gasteiger charge is -2.29. The van der Waals surface area contributed by atoms with Crippen molar-refractivity contribution >= 4 is 28.7 Å². The van der Waals surface area contributed by atoms with Crippen molar-refractivity contribution in [2.75, 3.05) is 18.1 Å². The van der Waals surface area contributed by atoms with Gasteiger partial charge in [0.25, 0.3) is 0 Å². The number of aromatic nitrogens is 1. The fraction of sp³-hybridized carbons (Fsp3) is 0.192. The molecule has 2 heterocycles. The number of rotatable bonds is 5. The number of oxazole rings is 1. The van der Waals surface area contributed by atoms with Crippen LogP contribution in [0.4, 0.5) is 5.69 Å². The number of benzene rings is 3. The maximum Gasteiger partial charge on any atom is 0.338 e. The highest BCUT2D eigenvalue weighted by Gasteiger charge is 2.23. The van der Waals surface area contributed by atoms with Gasteiger partial charge in [-0.2, -0.15) is 0 Å². The molecular weight excluding hydrogens is 404 g/mol. The Morgan fingerprint density at radius 2 is 1.75 bits per heavy atom. The van der Waals surface area contributed by atoms with E-state index in [4.69, 9.17) is 9.15 Å². The van der Waals surface area contributed by atoms with Crippen molar-refractivity contribution in [3.8, 4) is 11.5 Å². The zero-order chi connectivity index (χ0) is 21.9. The molecule has 1 aliphatic rings. The molecular formula is C26H22N2O4. The van der Waals surface area contributed by atoms with E-state index < -0.39 is 5.97 Å². The van der Waals surface area contributed by atoms with Crippen LogP contribution in [-0.4, -0.2) is 30.0 Å². The van der Waals surface area contributed by atoms with Crippen LogP contribution in [0.5, 0.6) is 0 Å². The Labute approximate surface area is 185 Å². The first-order valence-corrected chi connectivity index (χ1v) is 10.7. The molecule has 160 valence electrons. The van der Waals surface area contributed by atoms with Gasteiger partial charge in [0.05, 0.1) is 17.5 Å². The van der Waals surface area contributed by atoms with Crippen molar-refractivity contribution in [3.63, 3.8) is 0 Å². The summed E-state index contributed by atoms with van der Waals surface area (Å²) in [5, 5.41) is 0. The summed E-state index contributed by atoms with van der Waals surface area (Å²) in [5.74, 6) is -0.188. The summed E-state index contributed by atoms with van der Waals surface area (Å²) >= 11 is 0. The van der Waals surface area contributed by atoms with Gasteiger partial charge < -0.3 is 14.1 Å². The van der Waals surface area contributed by atoms with E-state index in [0.29, 0.717) is 29.1 Å². The highest BCUT2D eigenvalue weighted by molar-refractivity contribution is 5.97. The number of anilines is 1. The van der Waals surface area contributed by atoms with E-state index in [0.717, 1.165) is 24.0 Å². The van der Waals surface area contributed by atoms with Gasteiger partial charge in [0.2, 0.25) is 11.8 Å². The summed E-state index contributed by atoms with van der Waals surface area (Å²) in [5.41, 5.74) is 4.42. The van der Waals surface area contributed by atoms with Gasteiger partial charge in [-0.05, 0) is 48.7 Å². The number of aryl methyl sites for hydroxylation is 1. The molecule has 1 aliphatic heterocycles.